The zero-order valence-corrected chi connectivity index (χ0v) is 13.5. The number of carbonyl (C=O) groups excluding carboxylic acids is 1. The average molecular weight is 300 g/mol. The van der Waals surface area contributed by atoms with Gasteiger partial charge in [0.1, 0.15) is 6.61 Å². The second-order valence-corrected chi connectivity index (χ2v) is 7.25. The van der Waals surface area contributed by atoms with Crippen LogP contribution in [0, 0.1) is 22.7 Å². The van der Waals surface area contributed by atoms with E-state index < -0.39 is 11.4 Å². The highest BCUT2D eigenvalue weighted by Gasteiger charge is 2.65. The Kier molecular flexibility index (Phi) is 5.79. The summed E-state index contributed by atoms with van der Waals surface area (Å²) >= 11 is 0. The first-order valence-corrected chi connectivity index (χ1v) is 7.65. The number of hydrogen-bond acceptors (Lipinski definition) is 4. The number of aliphatic hydroxyl groups is 1. The minimum Gasteiger partial charge on any atom is -0.481 e. The predicted molar refractivity (Wildman–Crippen MR) is 78.7 cm³/mol. The van der Waals surface area contributed by atoms with Crippen molar-refractivity contribution in [3.05, 3.63) is 0 Å². The number of carboxylic acids is 1. The predicted octanol–water partition coefficient (Wildman–Crippen LogP) is 2.47. The minimum absolute atomic E-state index is 0.0287. The van der Waals surface area contributed by atoms with Crippen molar-refractivity contribution < 1.29 is 24.5 Å². The van der Waals surface area contributed by atoms with E-state index in [1.807, 2.05) is 13.8 Å². The monoisotopic (exact) mass is 300 g/mol. The number of carbonyl (C=O) groups is 2. The van der Waals surface area contributed by atoms with E-state index in [4.69, 9.17) is 14.9 Å². The minimum atomic E-state index is -0.805. The molecule has 21 heavy (non-hydrogen) atoms. The van der Waals surface area contributed by atoms with Gasteiger partial charge >= 0.3 is 11.9 Å². The van der Waals surface area contributed by atoms with Crippen LogP contribution in [-0.2, 0) is 14.3 Å². The molecule has 0 heterocycles. The quantitative estimate of drug-likeness (QED) is 0.639. The smallest absolute Gasteiger partial charge is 0.312 e. The lowest BCUT2D eigenvalue weighted by atomic mass is 9.77. The largest absolute Gasteiger partial charge is 0.481 e. The molecule has 0 bridgehead atoms. The molecule has 2 N–H and O–H groups in total. The van der Waals surface area contributed by atoms with Crippen molar-refractivity contribution in [1.82, 2.24) is 0 Å². The number of aliphatic carboxylic acids is 1. The zero-order chi connectivity index (χ0) is 16.3. The lowest BCUT2D eigenvalue weighted by Gasteiger charge is -2.28. The molecule has 1 saturated carbocycles. The van der Waals surface area contributed by atoms with Crippen LogP contribution in [0.2, 0.25) is 0 Å². The molecule has 2 atom stereocenters. The summed E-state index contributed by atoms with van der Waals surface area (Å²) in [5, 5.41) is 17.7. The second-order valence-electron chi connectivity index (χ2n) is 7.25. The van der Waals surface area contributed by atoms with Gasteiger partial charge in [-0.15, -0.1) is 0 Å². The molecule has 1 fully saturated rings. The number of ether oxygens (including phenoxy) is 1. The van der Waals surface area contributed by atoms with Crippen LogP contribution in [0.25, 0.3) is 0 Å². The Morgan fingerprint density at radius 3 is 2.48 bits per heavy atom. The molecule has 1 rings (SSSR count). The normalized spacial score (nSPS) is 25.0. The molecular formula is C16H28O5. The van der Waals surface area contributed by atoms with E-state index in [1.54, 1.807) is 0 Å². The van der Waals surface area contributed by atoms with E-state index in [0.717, 1.165) is 12.8 Å². The lowest BCUT2D eigenvalue weighted by molar-refractivity contribution is -0.153. The van der Waals surface area contributed by atoms with Crippen molar-refractivity contribution in [2.75, 3.05) is 13.2 Å². The summed E-state index contributed by atoms with van der Waals surface area (Å²) in [6.45, 7) is 8.06. The van der Waals surface area contributed by atoms with Gasteiger partial charge in [-0.1, -0.05) is 27.7 Å². The Labute approximate surface area is 126 Å². The molecule has 0 aliphatic heterocycles. The summed E-state index contributed by atoms with van der Waals surface area (Å²) in [6, 6.07) is 0. The van der Waals surface area contributed by atoms with Crippen molar-refractivity contribution in [3.8, 4) is 0 Å². The lowest BCUT2D eigenvalue weighted by Crippen LogP contribution is -2.29. The first kappa shape index (κ1) is 18.0. The molecule has 0 aromatic carbocycles. The van der Waals surface area contributed by atoms with Gasteiger partial charge in [0, 0.05) is 6.42 Å². The topological polar surface area (TPSA) is 83.8 Å². The van der Waals surface area contributed by atoms with Gasteiger partial charge in [0.25, 0.3) is 0 Å². The molecule has 5 heteroatoms. The third kappa shape index (κ3) is 4.43. The van der Waals surface area contributed by atoms with Crippen LogP contribution >= 0.6 is 0 Å². The first-order valence-electron chi connectivity index (χ1n) is 7.65. The van der Waals surface area contributed by atoms with E-state index in [0.29, 0.717) is 12.3 Å². The Morgan fingerprint density at radius 2 is 2.00 bits per heavy atom. The van der Waals surface area contributed by atoms with Gasteiger partial charge in [-0.2, -0.15) is 0 Å². The van der Waals surface area contributed by atoms with Crippen molar-refractivity contribution in [2.24, 2.45) is 22.7 Å². The highest BCUT2D eigenvalue weighted by Crippen LogP contribution is 2.65. The van der Waals surface area contributed by atoms with Gasteiger partial charge in [0.05, 0.1) is 12.0 Å². The van der Waals surface area contributed by atoms with Crippen molar-refractivity contribution in [1.29, 1.82) is 0 Å². The molecule has 1 aliphatic carbocycles. The molecule has 2 unspecified atom stereocenters. The van der Waals surface area contributed by atoms with Crippen LogP contribution in [0.4, 0.5) is 0 Å². The number of rotatable bonds is 9. The summed E-state index contributed by atoms with van der Waals surface area (Å²) < 4.78 is 5.17. The Hall–Kier alpha value is -1.10. The molecule has 0 aromatic rings. The fourth-order valence-corrected chi connectivity index (χ4v) is 3.48. The third-order valence-electron chi connectivity index (χ3n) is 4.51. The average Bonchev–Trinajstić information content (AvgIpc) is 3.09. The van der Waals surface area contributed by atoms with Gasteiger partial charge in [-0.25, -0.2) is 0 Å². The highest BCUT2D eigenvalue weighted by atomic mass is 16.5. The van der Waals surface area contributed by atoms with Crippen LogP contribution in [-0.4, -0.2) is 35.4 Å². The summed E-state index contributed by atoms with van der Waals surface area (Å²) in [6.07, 6.45) is 2.17. The van der Waals surface area contributed by atoms with Crippen LogP contribution in [0.5, 0.6) is 0 Å². The molecule has 0 amide bonds. The van der Waals surface area contributed by atoms with Crippen molar-refractivity contribution >= 4 is 11.9 Å². The fourth-order valence-electron chi connectivity index (χ4n) is 3.48. The van der Waals surface area contributed by atoms with Gasteiger partial charge in [-0.05, 0) is 36.5 Å². The summed E-state index contributed by atoms with van der Waals surface area (Å²) in [5.74, 6) is -0.524. The van der Waals surface area contributed by atoms with Gasteiger partial charge in [-0.3, -0.25) is 9.59 Å². The highest BCUT2D eigenvalue weighted by molar-refractivity contribution is 5.81. The SMILES string of the molecule is CC(C)CC1(C(=O)OCCO)CC1C(C)(C)CCC(=O)O. The Bertz CT molecular complexity index is 388. The number of hydrogen-bond donors (Lipinski definition) is 2. The van der Waals surface area contributed by atoms with E-state index in [9.17, 15) is 9.59 Å². The van der Waals surface area contributed by atoms with Gasteiger partial charge in [0.15, 0.2) is 0 Å². The number of carboxylic acid groups (broad SMARTS) is 1. The zero-order valence-electron chi connectivity index (χ0n) is 13.5. The maximum atomic E-state index is 12.4. The molecule has 0 radical (unpaired) electrons. The van der Waals surface area contributed by atoms with Crippen LogP contribution in [0.15, 0.2) is 0 Å². The number of esters is 1. The molecule has 122 valence electrons. The fraction of sp³-hybridized carbons (Fsp3) is 0.875. The van der Waals surface area contributed by atoms with E-state index in [1.165, 1.54) is 0 Å². The molecule has 0 aromatic heterocycles. The third-order valence-corrected chi connectivity index (χ3v) is 4.51. The molecular weight excluding hydrogens is 272 g/mol. The van der Waals surface area contributed by atoms with E-state index in [2.05, 4.69) is 13.8 Å². The maximum absolute atomic E-state index is 12.4. The standard InChI is InChI=1S/C16H28O5/c1-11(2)9-16(14(20)21-8-7-17)10-12(16)15(3,4)6-5-13(18)19/h11-12,17H,5-10H2,1-4H3,(H,18,19). The van der Waals surface area contributed by atoms with Gasteiger partial charge in [0.2, 0.25) is 0 Å². The molecule has 1 aliphatic rings. The van der Waals surface area contributed by atoms with Gasteiger partial charge < -0.3 is 14.9 Å². The summed E-state index contributed by atoms with van der Waals surface area (Å²) in [7, 11) is 0. The molecule has 0 saturated heterocycles. The van der Waals surface area contributed by atoms with E-state index >= 15 is 0 Å². The van der Waals surface area contributed by atoms with E-state index in [-0.39, 0.29) is 36.9 Å². The van der Waals surface area contributed by atoms with Crippen molar-refractivity contribution in [3.63, 3.8) is 0 Å². The molecule has 0 spiro atoms. The summed E-state index contributed by atoms with van der Waals surface area (Å²) in [4.78, 5) is 23.2. The second kappa shape index (κ2) is 6.77. The van der Waals surface area contributed by atoms with Crippen molar-refractivity contribution in [2.45, 2.75) is 53.4 Å². The Morgan fingerprint density at radius 1 is 1.38 bits per heavy atom. The summed E-state index contributed by atoms with van der Waals surface area (Å²) in [5.41, 5.74) is -0.698. The van der Waals surface area contributed by atoms with Crippen LogP contribution < -0.4 is 0 Å². The Balaban J connectivity index is 2.79. The number of aliphatic hydroxyl groups excluding tert-OH is 1. The first-order chi connectivity index (χ1) is 9.65. The van der Waals surface area contributed by atoms with Crippen LogP contribution in [0.1, 0.15) is 53.4 Å². The maximum Gasteiger partial charge on any atom is 0.312 e. The molecule has 5 nitrogen and oxygen atoms in total. The van der Waals surface area contributed by atoms with Crippen LogP contribution in [0.3, 0.4) is 0 Å².